The molecule has 1 atom stereocenters. The summed E-state index contributed by atoms with van der Waals surface area (Å²) in [6.07, 6.45) is 4.36. The quantitative estimate of drug-likeness (QED) is 0.817. The lowest BCUT2D eigenvalue weighted by atomic mass is 9.97. The van der Waals surface area contributed by atoms with E-state index in [0.717, 1.165) is 23.8 Å². The van der Waals surface area contributed by atoms with E-state index in [1.807, 2.05) is 23.1 Å². The first-order valence-electron chi connectivity index (χ1n) is 7.95. The molecule has 1 N–H and O–H groups in total. The lowest BCUT2D eigenvalue weighted by molar-refractivity contribution is 0.0795. The summed E-state index contributed by atoms with van der Waals surface area (Å²) < 4.78 is 5.45. The van der Waals surface area contributed by atoms with Crippen molar-refractivity contribution in [2.45, 2.75) is 12.3 Å². The molecule has 6 heteroatoms. The van der Waals surface area contributed by atoms with E-state index < -0.39 is 0 Å². The Balaban J connectivity index is 1.67. The van der Waals surface area contributed by atoms with Crippen LogP contribution in [-0.4, -0.2) is 42.5 Å². The second-order valence-corrected chi connectivity index (χ2v) is 6.71. The van der Waals surface area contributed by atoms with Gasteiger partial charge in [0.05, 0.1) is 13.3 Å². The fourth-order valence-corrected chi connectivity index (χ4v) is 3.76. The number of hydrogen-bond acceptors (Lipinski definition) is 5. The summed E-state index contributed by atoms with van der Waals surface area (Å²) in [5, 5.41) is 3.86. The molecule has 1 aromatic carbocycles. The molecule has 3 rings (SSSR count). The van der Waals surface area contributed by atoms with Crippen LogP contribution in [0.15, 0.2) is 43.1 Å². The second kappa shape index (κ2) is 7.49. The van der Waals surface area contributed by atoms with E-state index >= 15 is 0 Å². The summed E-state index contributed by atoms with van der Waals surface area (Å²) in [5.74, 6) is 1.26. The van der Waals surface area contributed by atoms with Crippen LogP contribution in [0.2, 0.25) is 0 Å². The molecule has 0 radical (unpaired) electrons. The third-order valence-corrected chi connectivity index (χ3v) is 5.11. The van der Waals surface area contributed by atoms with Crippen LogP contribution in [0, 0.1) is 0 Å². The number of para-hydroxylation sites is 1. The van der Waals surface area contributed by atoms with Crippen LogP contribution in [0.3, 0.4) is 0 Å². The minimum absolute atomic E-state index is 0.0524. The third kappa shape index (κ3) is 3.43. The second-order valence-electron chi connectivity index (χ2n) is 5.68. The minimum Gasteiger partial charge on any atom is -0.496 e. The highest BCUT2D eigenvalue weighted by molar-refractivity contribution is 7.17. The Kier molecular flexibility index (Phi) is 5.15. The van der Waals surface area contributed by atoms with Gasteiger partial charge in [-0.3, -0.25) is 4.79 Å². The van der Waals surface area contributed by atoms with Crippen LogP contribution in [0.5, 0.6) is 5.75 Å². The van der Waals surface area contributed by atoms with Gasteiger partial charge < -0.3 is 15.0 Å². The molecule has 126 valence electrons. The largest absolute Gasteiger partial charge is 0.496 e. The maximum Gasteiger partial charge on any atom is 0.265 e. The highest BCUT2D eigenvalue weighted by Gasteiger charge is 2.30. The molecular formula is C18H21N3O2S. The zero-order chi connectivity index (χ0) is 16.9. The van der Waals surface area contributed by atoms with E-state index in [2.05, 4.69) is 22.9 Å². The van der Waals surface area contributed by atoms with Crippen molar-refractivity contribution >= 4 is 22.4 Å². The number of anilines is 1. The average Bonchev–Trinajstić information content (AvgIpc) is 3.29. The summed E-state index contributed by atoms with van der Waals surface area (Å²) in [7, 11) is 1.69. The first kappa shape index (κ1) is 16.5. The van der Waals surface area contributed by atoms with Gasteiger partial charge in [-0.2, -0.15) is 0 Å². The number of nitrogens with one attached hydrogen (secondary N) is 1. The van der Waals surface area contributed by atoms with Gasteiger partial charge in [-0.05, 0) is 18.1 Å². The first-order chi connectivity index (χ1) is 11.7. The molecule has 1 aliphatic rings. The molecule has 1 aromatic heterocycles. The van der Waals surface area contributed by atoms with Crippen molar-refractivity contribution in [3.05, 3.63) is 53.6 Å². The number of methoxy groups -OCH3 is 1. The Labute approximate surface area is 146 Å². The monoisotopic (exact) mass is 343 g/mol. The number of thiazole rings is 1. The number of ether oxygens (including phenoxy) is 1. The van der Waals surface area contributed by atoms with Crippen molar-refractivity contribution < 1.29 is 9.53 Å². The standard InChI is InChI=1S/C18H21N3O2S/c1-3-9-19-18-20-11-16(24-18)17(22)21-10-8-13(12-21)14-6-4-5-7-15(14)23-2/h3-7,11,13H,1,8-10,12H2,2H3,(H,19,20). The van der Waals surface area contributed by atoms with E-state index in [-0.39, 0.29) is 5.91 Å². The third-order valence-electron chi connectivity index (χ3n) is 4.17. The number of likely N-dealkylation sites (tertiary alicyclic amines) is 1. The Morgan fingerprint density at radius 1 is 1.54 bits per heavy atom. The summed E-state index contributed by atoms with van der Waals surface area (Å²) in [5.41, 5.74) is 1.17. The van der Waals surface area contributed by atoms with Gasteiger partial charge in [0.2, 0.25) is 0 Å². The fraction of sp³-hybridized carbons (Fsp3) is 0.333. The van der Waals surface area contributed by atoms with Crippen LogP contribution >= 0.6 is 11.3 Å². The van der Waals surface area contributed by atoms with E-state index in [9.17, 15) is 4.79 Å². The first-order valence-corrected chi connectivity index (χ1v) is 8.77. The highest BCUT2D eigenvalue weighted by Crippen LogP contribution is 2.34. The summed E-state index contributed by atoms with van der Waals surface area (Å²) >= 11 is 1.39. The zero-order valence-corrected chi connectivity index (χ0v) is 14.5. The van der Waals surface area contributed by atoms with Gasteiger partial charge in [0.25, 0.3) is 5.91 Å². The number of carbonyl (C=O) groups is 1. The van der Waals surface area contributed by atoms with Crippen molar-refractivity contribution in [3.8, 4) is 5.75 Å². The van der Waals surface area contributed by atoms with Gasteiger partial charge in [0.1, 0.15) is 10.6 Å². The lowest BCUT2D eigenvalue weighted by Crippen LogP contribution is -2.27. The SMILES string of the molecule is C=CCNc1ncc(C(=O)N2CCC(c3ccccc3OC)C2)s1. The number of hydrogen-bond donors (Lipinski definition) is 1. The van der Waals surface area contributed by atoms with E-state index in [1.54, 1.807) is 19.4 Å². The molecule has 1 aliphatic heterocycles. The van der Waals surface area contributed by atoms with Crippen LogP contribution < -0.4 is 10.1 Å². The molecule has 1 unspecified atom stereocenters. The Bertz CT molecular complexity index is 729. The molecular weight excluding hydrogens is 322 g/mol. The number of benzene rings is 1. The molecule has 1 fully saturated rings. The maximum atomic E-state index is 12.7. The molecule has 24 heavy (non-hydrogen) atoms. The maximum absolute atomic E-state index is 12.7. The number of nitrogens with zero attached hydrogens (tertiary/aromatic N) is 2. The molecule has 2 aromatic rings. The molecule has 2 heterocycles. The Morgan fingerprint density at radius 3 is 3.17 bits per heavy atom. The molecule has 0 spiro atoms. The molecule has 1 amide bonds. The number of carbonyl (C=O) groups excluding carboxylic acids is 1. The zero-order valence-electron chi connectivity index (χ0n) is 13.7. The minimum atomic E-state index is 0.0524. The molecule has 0 saturated carbocycles. The van der Waals surface area contributed by atoms with Crippen LogP contribution in [0.4, 0.5) is 5.13 Å². The highest BCUT2D eigenvalue weighted by atomic mass is 32.1. The van der Waals surface area contributed by atoms with Crippen LogP contribution in [0.1, 0.15) is 27.6 Å². The topological polar surface area (TPSA) is 54.5 Å². The van der Waals surface area contributed by atoms with Crippen LogP contribution in [0.25, 0.3) is 0 Å². The van der Waals surface area contributed by atoms with Crippen molar-refractivity contribution in [1.82, 2.24) is 9.88 Å². The van der Waals surface area contributed by atoms with Gasteiger partial charge in [-0.1, -0.05) is 35.6 Å². The Hall–Kier alpha value is -2.34. The van der Waals surface area contributed by atoms with E-state index in [1.165, 1.54) is 16.9 Å². The molecule has 5 nitrogen and oxygen atoms in total. The summed E-state index contributed by atoms with van der Waals surface area (Å²) in [4.78, 5) is 19.5. The number of rotatable bonds is 6. The van der Waals surface area contributed by atoms with Crippen molar-refractivity contribution in [3.63, 3.8) is 0 Å². The van der Waals surface area contributed by atoms with Gasteiger partial charge in [-0.25, -0.2) is 4.98 Å². The predicted molar refractivity (Wildman–Crippen MR) is 97.1 cm³/mol. The lowest BCUT2D eigenvalue weighted by Gasteiger charge is -2.17. The van der Waals surface area contributed by atoms with Gasteiger partial charge in [0, 0.05) is 25.6 Å². The van der Waals surface area contributed by atoms with E-state index in [4.69, 9.17) is 4.74 Å². The molecule has 0 aliphatic carbocycles. The van der Waals surface area contributed by atoms with Crippen LogP contribution in [-0.2, 0) is 0 Å². The van der Waals surface area contributed by atoms with Crippen molar-refractivity contribution in [2.24, 2.45) is 0 Å². The van der Waals surface area contributed by atoms with Gasteiger partial charge in [-0.15, -0.1) is 6.58 Å². The number of amides is 1. The molecule has 1 saturated heterocycles. The summed E-state index contributed by atoms with van der Waals surface area (Å²) in [6, 6.07) is 8.04. The molecule has 0 bridgehead atoms. The predicted octanol–water partition coefficient (Wildman–Crippen LogP) is 3.38. The fourth-order valence-electron chi connectivity index (χ4n) is 2.97. The van der Waals surface area contributed by atoms with Gasteiger partial charge >= 0.3 is 0 Å². The number of aromatic nitrogens is 1. The normalized spacial score (nSPS) is 16.9. The smallest absolute Gasteiger partial charge is 0.265 e. The van der Waals surface area contributed by atoms with Crippen molar-refractivity contribution in [1.29, 1.82) is 0 Å². The summed E-state index contributed by atoms with van der Waals surface area (Å²) in [6.45, 7) is 5.77. The van der Waals surface area contributed by atoms with Crippen molar-refractivity contribution in [2.75, 3.05) is 32.1 Å². The van der Waals surface area contributed by atoms with E-state index in [0.29, 0.717) is 23.9 Å². The van der Waals surface area contributed by atoms with Gasteiger partial charge in [0.15, 0.2) is 5.13 Å². The average molecular weight is 343 g/mol. The Morgan fingerprint density at radius 2 is 2.38 bits per heavy atom.